The molecule has 0 bridgehead atoms. The summed E-state index contributed by atoms with van der Waals surface area (Å²) in [7, 11) is 0. The van der Waals surface area contributed by atoms with Crippen molar-refractivity contribution in [2.45, 2.75) is 37.7 Å². The Bertz CT molecular complexity index is 1260. The van der Waals surface area contributed by atoms with Crippen LogP contribution in [0.25, 0.3) is 16.7 Å². The standard InChI is InChI=1S/C19H19N5O3S2/c1-12(2)7-8-22-17(25)14-5-3-4-6-15(14)23-18(22)20-21-19(23)29-11-13-9-16(24(26)27)28-10-13/h3-6,9-10,12H,7-8,11H2,1-2H3. The summed E-state index contributed by atoms with van der Waals surface area (Å²) in [6.07, 6.45) is 0.863. The van der Waals surface area contributed by atoms with Crippen molar-refractivity contribution >= 4 is 44.8 Å². The van der Waals surface area contributed by atoms with Crippen LogP contribution in [0.2, 0.25) is 0 Å². The molecule has 0 aliphatic heterocycles. The van der Waals surface area contributed by atoms with E-state index in [0.29, 0.717) is 34.5 Å². The van der Waals surface area contributed by atoms with Crippen LogP contribution in [0.1, 0.15) is 25.8 Å². The minimum Gasteiger partial charge on any atom is -0.276 e. The van der Waals surface area contributed by atoms with Crippen LogP contribution in [0.15, 0.2) is 45.7 Å². The van der Waals surface area contributed by atoms with Gasteiger partial charge in [-0.2, -0.15) is 0 Å². The van der Waals surface area contributed by atoms with E-state index in [-0.39, 0.29) is 15.5 Å². The lowest BCUT2D eigenvalue weighted by Gasteiger charge is -2.12. The predicted molar refractivity (Wildman–Crippen MR) is 115 cm³/mol. The zero-order chi connectivity index (χ0) is 20.5. The number of thioether (sulfide) groups is 1. The van der Waals surface area contributed by atoms with Gasteiger partial charge in [0.2, 0.25) is 5.78 Å². The molecule has 0 fully saturated rings. The summed E-state index contributed by atoms with van der Waals surface area (Å²) in [6, 6.07) is 9.02. The quantitative estimate of drug-likeness (QED) is 0.246. The third kappa shape index (κ3) is 3.77. The molecule has 3 heterocycles. The van der Waals surface area contributed by atoms with Gasteiger partial charge in [0.25, 0.3) is 5.56 Å². The number of nitro groups is 1. The number of fused-ring (bicyclic) bond motifs is 3. The third-order valence-corrected chi connectivity index (χ3v) is 6.53. The van der Waals surface area contributed by atoms with Crippen LogP contribution in [0.5, 0.6) is 0 Å². The lowest BCUT2D eigenvalue weighted by Crippen LogP contribution is -2.24. The number of nitrogens with zero attached hydrogens (tertiary/aromatic N) is 5. The van der Waals surface area contributed by atoms with Gasteiger partial charge in [-0.3, -0.25) is 23.9 Å². The van der Waals surface area contributed by atoms with E-state index in [2.05, 4.69) is 24.0 Å². The van der Waals surface area contributed by atoms with Crippen molar-refractivity contribution < 1.29 is 4.92 Å². The van der Waals surface area contributed by atoms with Gasteiger partial charge in [-0.05, 0) is 30.0 Å². The number of benzene rings is 1. The molecular formula is C19H19N5O3S2. The number of aryl methyl sites for hydroxylation is 1. The Labute approximate surface area is 174 Å². The summed E-state index contributed by atoms with van der Waals surface area (Å²) in [5.41, 5.74) is 1.56. The summed E-state index contributed by atoms with van der Waals surface area (Å²) in [4.78, 5) is 23.5. The van der Waals surface area contributed by atoms with Crippen LogP contribution < -0.4 is 5.56 Å². The van der Waals surface area contributed by atoms with Gasteiger partial charge in [0, 0.05) is 23.7 Å². The first-order chi connectivity index (χ1) is 14.0. The first-order valence-electron chi connectivity index (χ1n) is 9.17. The highest BCUT2D eigenvalue weighted by atomic mass is 32.2. The molecule has 10 heteroatoms. The lowest BCUT2D eigenvalue weighted by molar-refractivity contribution is -0.380. The summed E-state index contributed by atoms with van der Waals surface area (Å²) >= 11 is 2.56. The van der Waals surface area contributed by atoms with E-state index in [1.165, 1.54) is 11.8 Å². The molecule has 0 radical (unpaired) electrons. The highest BCUT2D eigenvalue weighted by Gasteiger charge is 2.17. The molecule has 150 valence electrons. The maximum absolute atomic E-state index is 13.0. The molecule has 4 aromatic rings. The molecular weight excluding hydrogens is 410 g/mol. The second-order valence-electron chi connectivity index (χ2n) is 7.11. The fraction of sp³-hybridized carbons (Fsp3) is 0.316. The number of hydrogen-bond donors (Lipinski definition) is 0. The normalized spacial score (nSPS) is 11.7. The molecule has 0 atom stereocenters. The number of hydrogen-bond acceptors (Lipinski definition) is 7. The van der Waals surface area contributed by atoms with Crippen LogP contribution in [0.4, 0.5) is 5.00 Å². The van der Waals surface area contributed by atoms with Gasteiger partial charge in [0.05, 0.1) is 15.8 Å². The van der Waals surface area contributed by atoms with E-state index in [1.807, 2.05) is 28.7 Å². The molecule has 0 spiro atoms. The van der Waals surface area contributed by atoms with Crippen LogP contribution in [-0.4, -0.2) is 24.1 Å². The molecule has 0 N–H and O–H groups in total. The Morgan fingerprint density at radius 3 is 2.79 bits per heavy atom. The van der Waals surface area contributed by atoms with Crippen molar-refractivity contribution in [1.82, 2.24) is 19.2 Å². The largest absolute Gasteiger partial charge is 0.324 e. The van der Waals surface area contributed by atoms with Gasteiger partial charge < -0.3 is 0 Å². The third-order valence-electron chi connectivity index (χ3n) is 4.60. The molecule has 0 unspecified atom stereocenters. The minimum atomic E-state index is -0.383. The van der Waals surface area contributed by atoms with Gasteiger partial charge in [-0.25, -0.2) is 0 Å². The van der Waals surface area contributed by atoms with E-state index in [9.17, 15) is 14.9 Å². The van der Waals surface area contributed by atoms with Crippen molar-refractivity contribution in [2.24, 2.45) is 5.92 Å². The number of thiophene rings is 1. The molecule has 0 aliphatic carbocycles. The minimum absolute atomic E-state index is 0.0637. The zero-order valence-electron chi connectivity index (χ0n) is 15.9. The summed E-state index contributed by atoms with van der Waals surface area (Å²) in [5.74, 6) is 1.51. The Morgan fingerprint density at radius 1 is 1.28 bits per heavy atom. The van der Waals surface area contributed by atoms with Crippen molar-refractivity contribution in [3.8, 4) is 0 Å². The van der Waals surface area contributed by atoms with E-state index < -0.39 is 0 Å². The molecule has 8 nitrogen and oxygen atoms in total. The lowest BCUT2D eigenvalue weighted by atomic mass is 10.1. The van der Waals surface area contributed by atoms with Gasteiger partial charge in [-0.1, -0.05) is 49.1 Å². The van der Waals surface area contributed by atoms with Gasteiger partial charge in [0.1, 0.15) is 0 Å². The van der Waals surface area contributed by atoms with Crippen molar-refractivity contribution in [1.29, 1.82) is 0 Å². The smallest absolute Gasteiger partial charge is 0.276 e. The van der Waals surface area contributed by atoms with E-state index in [0.717, 1.165) is 28.8 Å². The molecule has 1 aromatic carbocycles. The van der Waals surface area contributed by atoms with Crippen molar-refractivity contribution in [3.63, 3.8) is 0 Å². The molecule has 0 saturated heterocycles. The van der Waals surface area contributed by atoms with Gasteiger partial charge in [0.15, 0.2) is 5.16 Å². The topological polar surface area (TPSA) is 95.3 Å². The monoisotopic (exact) mass is 429 g/mol. The second kappa shape index (κ2) is 7.96. The second-order valence-corrected chi connectivity index (χ2v) is 8.95. The molecule has 0 aliphatic rings. The molecule has 29 heavy (non-hydrogen) atoms. The van der Waals surface area contributed by atoms with Crippen LogP contribution in [0, 0.1) is 16.0 Å². The van der Waals surface area contributed by atoms with Crippen LogP contribution in [0.3, 0.4) is 0 Å². The van der Waals surface area contributed by atoms with E-state index >= 15 is 0 Å². The number of rotatable bonds is 7. The average molecular weight is 430 g/mol. The summed E-state index contributed by atoms with van der Waals surface area (Å²) in [6.45, 7) is 4.81. The van der Waals surface area contributed by atoms with Crippen molar-refractivity contribution in [3.05, 3.63) is 61.7 Å². The first-order valence-corrected chi connectivity index (χ1v) is 11.0. The van der Waals surface area contributed by atoms with Gasteiger partial charge >= 0.3 is 5.00 Å². The first kappa shape index (κ1) is 19.6. The average Bonchev–Trinajstić information content (AvgIpc) is 3.33. The number of aromatic nitrogens is 4. The van der Waals surface area contributed by atoms with Crippen LogP contribution >= 0.6 is 23.1 Å². The Kier molecular flexibility index (Phi) is 5.37. The SMILES string of the molecule is CC(C)CCn1c(=O)c2ccccc2n2c(SCc3csc([N+](=O)[O-])c3)nnc12. The predicted octanol–water partition coefficient (Wildman–Crippen LogP) is 4.35. The van der Waals surface area contributed by atoms with E-state index in [1.54, 1.807) is 16.0 Å². The Hall–Kier alpha value is -2.72. The zero-order valence-corrected chi connectivity index (χ0v) is 17.6. The van der Waals surface area contributed by atoms with Crippen molar-refractivity contribution in [2.75, 3.05) is 0 Å². The van der Waals surface area contributed by atoms with Crippen LogP contribution in [-0.2, 0) is 12.3 Å². The molecule has 0 saturated carbocycles. The summed E-state index contributed by atoms with van der Waals surface area (Å²) < 4.78 is 3.59. The molecule has 3 aromatic heterocycles. The number of para-hydroxylation sites is 1. The van der Waals surface area contributed by atoms with Gasteiger partial charge in [-0.15, -0.1) is 10.2 Å². The molecule has 0 amide bonds. The maximum atomic E-state index is 13.0. The Morgan fingerprint density at radius 2 is 2.07 bits per heavy atom. The maximum Gasteiger partial charge on any atom is 0.324 e. The highest BCUT2D eigenvalue weighted by molar-refractivity contribution is 7.98. The fourth-order valence-electron chi connectivity index (χ4n) is 3.10. The highest BCUT2D eigenvalue weighted by Crippen LogP contribution is 2.29. The fourth-order valence-corrected chi connectivity index (χ4v) is 4.80. The summed E-state index contributed by atoms with van der Waals surface area (Å²) in [5, 5.41) is 22.7. The van der Waals surface area contributed by atoms with E-state index in [4.69, 9.17) is 0 Å². The Balaban J connectivity index is 1.77. The molecule has 4 rings (SSSR count).